The minimum Gasteiger partial charge on any atom is -0.507 e. The van der Waals surface area contributed by atoms with Crippen molar-refractivity contribution in [3.8, 4) is 5.75 Å². The number of carbonyl (C=O) groups excluding carboxylic acids is 2. The van der Waals surface area contributed by atoms with E-state index in [0.29, 0.717) is 16.3 Å². The fourth-order valence-electron chi connectivity index (χ4n) is 2.34. The number of aromatic hydroxyl groups is 1. The van der Waals surface area contributed by atoms with Gasteiger partial charge in [0.15, 0.2) is 0 Å². The van der Waals surface area contributed by atoms with Gasteiger partial charge in [0, 0.05) is 5.56 Å². The van der Waals surface area contributed by atoms with Gasteiger partial charge in [0.1, 0.15) is 11.8 Å². The number of rotatable bonds is 5. The van der Waals surface area contributed by atoms with E-state index in [-0.39, 0.29) is 24.0 Å². The maximum absolute atomic E-state index is 12.1. The number of nitrogens with one attached hydrogen (secondary N) is 3. The molecule has 1 aliphatic heterocycles. The summed E-state index contributed by atoms with van der Waals surface area (Å²) in [6.45, 7) is 0. The third-order valence-corrected chi connectivity index (χ3v) is 4.00. The number of carbonyl (C=O) groups is 2. The van der Waals surface area contributed by atoms with Gasteiger partial charge in [0.05, 0.1) is 23.3 Å². The number of hydrazone groups is 1. The van der Waals surface area contributed by atoms with Crippen LogP contribution < -0.4 is 16.1 Å². The van der Waals surface area contributed by atoms with Gasteiger partial charge in [-0.15, -0.1) is 0 Å². The Morgan fingerprint density at radius 2 is 2.00 bits per heavy atom. The maximum atomic E-state index is 12.1. The van der Waals surface area contributed by atoms with Crippen LogP contribution in [0.25, 0.3) is 0 Å². The number of benzene rings is 2. The number of phenols is 1. The molecule has 4 N–H and O–H groups in total. The Kier molecular flexibility index (Phi) is 5.68. The van der Waals surface area contributed by atoms with E-state index in [2.05, 4.69) is 26.2 Å². The molecular weight excluding hydrogens is 370 g/mol. The quantitative estimate of drug-likeness (QED) is 0.464. The van der Waals surface area contributed by atoms with Crippen LogP contribution in [-0.4, -0.2) is 35.1 Å². The number of hydrogen-bond acceptors (Lipinski definition) is 6. The Morgan fingerprint density at radius 1 is 1.26 bits per heavy atom. The molecule has 9 heteroatoms. The predicted molar refractivity (Wildman–Crippen MR) is 103 cm³/mol. The van der Waals surface area contributed by atoms with Gasteiger partial charge in [-0.1, -0.05) is 35.9 Å². The van der Waals surface area contributed by atoms with Crippen molar-refractivity contribution in [2.24, 2.45) is 10.1 Å². The minimum atomic E-state index is -0.865. The van der Waals surface area contributed by atoms with Crippen LogP contribution in [0.4, 0.5) is 5.69 Å². The van der Waals surface area contributed by atoms with Crippen molar-refractivity contribution in [3.05, 3.63) is 59.1 Å². The Balaban J connectivity index is 1.57. The molecular formula is C18H16ClN5O3. The van der Waals surface area contributed by atoms with E-state index in [4.69, 9.17) is 11.6 Å². The maximum Gasteiger partial charge on any atom is 0.252 e. The van der Waals surface area contributed by atoms with Gasteiger partial charge >= 0.3 is 0 Å². The molecule has 0 aliphatic carbocycles. The van der Waals surface area contributed by atoms with Crippen molar-refractivity contribution in [1.82, 2.24) is 10.7 Å². The SMILES string of the molecule is O=C(CC1N=C(N/N=C/c2ccccc2O)NC1=O)Nc1ccccc1Cl. The topological polar surface area (TPSA) is 115 Å². The van der Waals surface area contributed by atoms with Gasteiger partial charge < -0.3 is 10.4 Å². The Morgan fingerprint density at radius 3 is 2.78 bits per heavy atom. The Bertz CT molecular complexity index is 929. The number of halogens is 1. The monoisotopic (exact) mass is 385 g/mol. The first-order valence-corrected chi connectivity index (χ1v) is 8.41. The number of hydrogen-bond donors (Lipinski definition) is 4. The van der Waals surface area contributed by atoms with E-state index in [1.165, 1.54) is 12.3 Å². The minimum absolute atomic E-state index is 0.0783. The van der Waals surface area contributed by atoms with Gasteiger partial charge in [-0.05, 0) is 24.3 Å². The lowest BCUT2D eigenvalue weighted by molar-refractivity contribution is -0.123. The normalized spacial score (nSPS) is 16.1. The number of phenolic OH excluding ortho intramolecular Hbond substituents is 1. The summed E-state index contributed by atoms with van der Waals surface area (Å²) >= 11 is 5.99. The molecule has 0 aromatic heterocycles. The third-order valence-electron chi connectivity index (χ3n) is 3.67. The zero-order chi connectivity index (χ0) is 19.2. The largest absolute Gasteiger partial charge is 0.507 e. The zero-order valence-corrected chi connectivity index (χ0v) is 14.8. The summed E-state index contributed by atoms with van der Waals surface area (Å²) in [5.41, 5.74) is 3.55. The number of anilines is 1. The molecule has 8 nitrogen and oxygen atoms in total. The molecule has 0 radical (unpaired) electrons. The van der Waals surface area contributed by atoms with E-state index < -0.39 is 11.9 Å². The van der Waals surface area contributed by atoms with Crippen LogP contribution in [0.2, 0.25) is 5.02 Å². The molecule has 1 atom stereocenters. The van der Waals surface area contributed by atoms with Crippen LogP contribution in [0.1, 0.15) is 12.0 Å². The first kappa shape index (κ1) is 18.4. The molecule has 138 valence electrons. The second kappa shape index (κ2) is 8.33. The molecule has 0 saturated carbocycles. The van der Waals surface area contributed by atoms with Gasteiger partial charge in [-0.3, -0.25) is 14.9 Å². The van der Waals surface area contributed by atoms with Crippen LogP contribution >= 0.6 is 11.6 Å². The van der Waals surface area contributed by atoms with E-state index in [1.807, 2.05) is 0 Å². The predicted octanol–water partition coefficient (Wildman–Crippen LogP) is 1.85. The summed E-state index contributed by atoms with van der Waals surface area (Å²) in [7, 11) is 0. The van der Waals surface area contributed by atoms with Crippen LogP contribution in [0.15, 0.2) is 58.6 Å². The fraction of sp³-hybridized carbons (Fsp3) is 0.111. The van der Waals surface area contributed by atoms with Crippen LogP contribution in [-0.2, 0) is 9.59 Å². The number of aliphatic imine (C=N–C) groups is 1. The lowest BCUT2D eigenvalue weighted by atomic mass is 10.2. The van der Waals surface area contributed by atoms with Gasteiger partial charge in [0.25, 0.3) is 5.91 Å². The molecule has 27 heavy (non-hydrogen) atoms. The molecule has 1 heterocycles. The molecule has 0 bridgehead atoms. The highest BCUT2D eigenvalue weighted by molar-refractivity contribution is 6.33. The first-order valence-electron chi connectivity index (χ1n) is 8.03. The zero-order valence-electron chi connectivity index (χ0n) is 14.0. The van der Waals surface area contributed by atoms with E-state index in [9.17, 15) is 14.7 Å². The van der Waals surface area contributed by atoms with Crippen molar-refractivity contribution in [3.63, 3.8) is 0 Å². The van der Waals surface area contributed by atoms with Crippen molar-refractivity contribution >= 4 is 41.3 Å². The van der Waals surface area contributed by atoms with Crippen LogP contribution in [0, 0.1) is 0 Å². The smallest absolute Gasteiger partial charge is 0.252 e. The summed E-state index contributed by atoms with van der Waals surface area (Å²) < 4.78 is 0. The van der Waals surface area contributed by atoms with E-state index >= 15 is 0 Å². The highest BCUT2D eigenvalue weighted by Gasteiger charge is 2.28. The first-order chi connectivity index (χ1) is 13.0. The standard InChI is InChI=1S/C18H16ClN5O3/c19-12-6-2-3-7-13(12)21-16(26)9-14-17(27)23-18(22-14)24-20-10-11-5-1-4-8-15(11)25/h1-8,10,14,25H,9H2,(H,21,26)(H2,22,23,24,27)/b20-10+. The molecule has 0 saturated heterocycles. The van der Waals surface area contributed by atoms with Crippen molar-refractivity contribution in [2.75, 3.05) is 5.32 Å². The highest BCUT2D eigenvalue weighted by Crippen LogP contribution is 2.21. The number of guanidine groups is 1. The molecule has 0 fully saturated rings. The summed E-state index contributed by atoms with van der Waals surface area (Å²) in [6, 6.07) is 12.6. The molecule has 2 aromatic carbocycles. The van der Waals surface area contributed by atoms with Crippen LogP contribution in [0.3, 0.4) is 0 Å². The summed E-state index contributed by atoms with van der Waals surface area (Å²) in [4.78, 5) is 28.2. The van der Waals surface area contributed by atoms with Gasteiger partial charge in [-0.2, -0.15) is 5.10 Å². The molecule has 1 unspecified atom stereocenters. The molecule has 2 amide bonds. The number of para-hydroxylation sites is 2. The average Bonchev–Trinajstić information content (AvgIpc) is 2.98. The van der Waals surface area contributed by atoms with Crippen molar-refractivity contribution in [2.45, 2.75) is 12.5 Å². The molecule has 0 spiro atoms. The molecule has 3 rings (SSSR count). The molecule has 1 aliphatic rings. The number of amides is 2. The van der Waals surface area contributed by atoms with Gasteiger partial charge in [-0.25, -0.2) is 10.4 Å². The van der Waals surface area contributed by atoms with E-state index in [1.54, 1.807) is 42.5 Å². The average molecular weight is 386 g/mol. The summed E-state index contributed by atoms with van der Waals surface area (Å²) in [5.74, 6) is -0.590. The van der Waals surface area contributed by atoms with Crippen molar-refractivity contribution in [1.29, 1.82) is 0 Å². The number of nitrogens with zero attached hydrogens (tertiary/aromatic N) is 2. The second-order valence-corrected chi connectivity index (χ2v) is 6.05. The highest BCUT2D eigenvalue weighted by atomic mass is 35.5. The van der Waals surface area contributed by atoms with Crippen molar-refractivity contribution < 1.29 is 14.7 Å². The third kappa shape index (κ3) is 4.83. The van der Waals surface area contributed by atoms with E-state index in [0.717, 1.165) is 0 Å². The Hall–Kier alpha value is -3.39. The van der Waals surface area contributed by atoms with Crippen LogP contribution in [0.5, 0.6) is 5.75 Å². The fourth-order valence-corrected chi connectivity index (χ4v) is 2.52. The second-order valence-electron chi connectivity index (χ2n) is 5.64. The lowest BCUT2D eigenvalue weighted by Gasteiger charge is -2.08. The summed E-state index contributed by atoms with van der Waals surface area (Å²) in [6.07, 6.45) is 1.26. The van der Waals surface area contributed by atoms with Gasteiger partial charge in [0.2, 0.25) is 11.9 Å². The summed E-state index contributed by atoms with van der Waals surface area (Å²) in [5, 5.41) is 19.1. The molecule has 2 aromatic rings. The Labute approximate surface area is 160 Å². The lowest BCUT2D eigenvalue weighted by Crippen LogP contribution is -2.35.